The Kier molecular flexibility index (Phi) is 7.76. The van der Waals surface area contributed by atoms with Crippen LogP contribution in [-0.4, -0.2) is 42.1 Å². The zero-order valence-electron chi connectivity index (χ0n) is 15.8. The molecule has 0 saturated carbocycles. The number of piperidine rings is 1. The predicted molar refractivity (Wildman–Crippen MR) is 101 cm³/mol. The van der Waals surface area contributed by atoms with Crippen LogP contribution in [0.3, 0.4) is 0 Å². The Labute approximate surface area is 160 Å². The molecule has 1 aliphatic rings. The lowest BCUT2D eigenvalue weighted by molar-refractivity contribution is -0.155. The minimum Gasteiger partial charge on any atom is -0.493 e. The van der Waals surface area contributed by atoms with Crippen LogP contribution in [0.1, 0.15) is 51.5 Å². The molecule has 0 N–H and O–H groups in total. The molecular weight excluding hydrogens is 354 g/mol. The average molecular weight is 382 g/mol. The number of likely N-dealkylation sites (tertiary alicyclic amines) is 1. The summed E-state index contributed by atoms with van der Waals surface area (Å²) < 4.78 is 10.8. The van der Waals surface area contributed by atoms with Gasteiger partial charge < -0.3 is 14.4 Å². The van der Waals surface area contributed by atoms with Crippen LogP contribution >= 0.6 is 11.6 Å². The van der Waals surface area contributed by atoms with Crippen LogP contribution in [0, 0.1) is 6.92 Å². The van der Waals surface area contributed by atoms with Crippen LogP contribution in [-0.2, 0) is 14.3 Å². The van der Waals surface area contributed by atoms with E-state index in [4.69, 9.17) is 21.1 Å². The van der Waals surface area contributed by atoms with E-state index in [1.54, 1.807) is 6.07 Å². The zero-order valence-corrected chi connectivity index (χ0v) is 16.6. The molecule has 0 spiro atoms. The Balaban J connectivity index is 1.66. The van der Waals surface area contributed by atoms with Gasteiger partial charge in [0.05, 0.1) is 6.61 Å². The molecule has 1 amide bonds. The van der Waals surface area contributed by atoms with Crippen molar-refractivity contribution in [3.8, 4) is 5.75 Å². The molecule has 0 aliphatic carbocycles. The molecule has 144 valence electrons. The number of carbonyl (C=O) groups excluding carboxylic acids is 2. The Hall–Kier alpha value is -1.75. The van der Waals surface area contributed by atoms with E-state index in [0.717, 1.165) is 30.6 Å². The van der Waals surface area contributed by atoms with Crippen LogP contribution in [0.15, 0.2) is 18.2 Å². The number of amides is 1. The minimum absolute atomic E-state index is 0.105. The summed E-state index contributed by atoms with van der Waals surface area (Å²) in [5, 5.41) is 0.667. The Morgan fingerprint density at radius 1 is 1.23 bits per heavy atom. The van der Waals surface area contributed by atoms with Crippen molar-refractivity contribution in [1.82, 2.24) is 4.90 Å². The summed E-state index contributed by atoms with van der Waals surface area (Å²) in [7, 11) is 0. The summed E-state index contributed by atoms with van der Waals surface area (Å²) in [6.07, 6.45) is 3.91. The SMILES string of the molecule is Cc1cc(Cl)ccc1OCCCC(=O)OCC(=O)N1[C@@H](C)CCC[C@@H]1C. The normalized spacial score (nSPS) is 19.9. The molecule has 6 heteroatoms. The molecule has 2 rings (SSSR count). The number of benzene rings is 1. The summed E-state index contributed by atoms with van der Waals surface area (Å²) >= 11 is 5.91. The Morgan fingerprint density at radius 2 is 1.92 bits per heavy atom. The number of hydrogen-bond donors (Lipinski definition) is 0. The van der Waals surface area contributed by atoms with Crippen molar-refractivity contribution < 1.29 is 19.1 Å². The largest absolute Gasteiger partial charge is 0.493 e. The molecule has 1 fully saturated rings. The molecule has 1 aromatic carbocycles. The first kappa shape index (κ1) is 20.6. The highest BCUT2D eigenvalue weighted by Crippen LogP contribution is 2.23. The van der Waals surface area contributed by atoms with Crippen molar-refractivity contribution in [2.45, 2.75) is 65.0 Å². The molecule has 26 heavy (non-hydrogen) atoms. The van der Waals surface area contributed by atoms with Gasteiger partial charge in [-0.2, -0.15) is 0 Å². The zero-order chi connectivity index (χ0) is 19.1. The molecule has 1 heterocycles. The van der Waals surface area contributed by atoms with E-state index >= 15 is 0 Å². The highest BCUT2D eigenvalue weighted by Gasteiger charge is 2.29. The van der Waals surface area contributed by atoms with Crippen LogP contribution in [0.25, 0.3) is 0 Å². The molecular formula is C20H28ClNO4. The van der Waals surface area contributed by atoms with E-state index < -0.39 is 0 Å². The maximum Gasteiger partial charge on any atom is 0.306 e. The Morgan fingerprint density at radius 3 is 2.58 bits per heavy atom. The number of esters is 1. The van der Waals surface area contributed by atoms with Crippen molar-refractivity contribution in [1.29, 1.82) is 0 Å². The molecule has 0 bridgehead atoms. The third kappa shape index (κ3) is 5.90. The smallest absolute Gasteiger partial charge is 0.306 e. The lowest BCUT2D eigenvalue weighted by Crippen LogP contribution is -2.49. The number of halogens is 1. The first-order chi connectivity index (χ1) is 12.4. The van der Waals surface area contributed by atoms with E-state index in [0.29, 0.717) is 18.1 Å². The van der Waals surface area contributed by atoms with Crippen molar-refractivity contribution in [2.24, 2.45) is 0 Å². The third-order valence-electron chi connectivity index (χ3n) is 4.76. The molecule has 0 radical (unpaired) electrons. The Bertz CT molecular complexity index is 624. The van der Waals surface area contributed by atoms with Crippen molar-refractivity contribution >= 4 is 23.5 Å². The number of aryl methyl sites for hydroxylation is 1. The van der Waals surface area contributed by atoms with Gasteiger partial charge in [0, 0.05) is 23.5 Å². The number of rotatable bonds is 7. The number of nitrogens with zero attached hydrogens (tertiary/aromatic N) is 1. The third-order valence-corrected chi connectivity index (χ3v) is 4.99. The lowest BCUT2D eigenvalue weighted by Gasteiger charge is -2.38. The van der Waals surface area contributed by atoms with Gasteiger partial charge in [0.25, 0.3) is 5.91 Å². The second kappa shape index (κ2) is 9.81. The van der Waals surface area contributed by atoms with E-state index in [2.05, 4.69) is 0 Å². The van der Waals surface area contributed by atoms with Gasteiger partial charge in [-0.1, -0.05) is 11.6 Å². The van der Waals surface area contributed by atoms with Gasteiger partial charge >= 0.3 is 5.97 Å². The molecule has 0 unspecified atom stereocenters. The van der Waals surface area contributed by atoms with Gasteiger partial charge in [0.15, 0.2) is 6.61 Å². The fourth-order valence-electron chi connectivity index (χ4n) is 3.38. The van der Waals surface area contributed by atoms with Gasteiger partial charge in [0.2, 0.25) is 0 Å². The van der Waals surface area contributed by atoms with Crippen LogP contribution < -0.4 is 4.74 Å². The first-order valence-electron chi connectivity index (χ1n) is 9.24. The van der Waals surface area contributed by atoms with Crippen molar-refractivity contribution in [2.75, 3.05) is 13.2 Å². The summed E-state index contributed by atoms with van der Waals surface area (Å²) in [6, 6.07) is 5.84. The van der Waals surface area contributed by atoms with Crippen LogP contribution in [0.2, 0.25) is 5.02 Å². The minimum atomic E-state index is -0.368. The average Bonchev–Trinajstić information content (AvgIpc) is 2.58. The van der Waals surface area contributed by atoms with Gasteiger partial charge in [0.1, 0.15) is 5.75 Å². The second-order valence-electron chi connectivity index (χ2n) is 6.95. The summed E-state index contributed by atoms with van der Waals surface area (Å²) in [6.45, 7) is 6.25. The summed E-state index contributed by atoms with van der Waals surface area (Å²) in [5.41, 5.74) is 0.954. The topological polar surface area (TPSA) is 55.8 Å². The molecule has 2 atom stereocenters. The second-order valence-corrected chi connectivity index (χ2v) is 7.39. The van der Waals surface area contributed by atoms with Gasteiger partial charge in [-0.25, -0.2) is 0 Å². The molecule has 1 saturated heterocycles. The molecule has 0 aromatic heterocycles. The highest BCUT2D eigenvalue weighted by molar-refractivity contribution is 6.30. The fourth-order valence-corrected chi connectivity index (χ4v) is 3.60. The maximum atomic E-state index is 12.3. The fraction of sp³-hybridized carbons (Fsp3) is 0.600. The van der Waals surface area contributed by atoms with Crippen LogP contribution in [0.5, 0.6) is 5.75 Å². The quantitative estimate of drug-likeness (QED) is 0.526. The van der Waals surface area contributed by atoms with Gasteiger partial charge in [-0.15, -0.1) is 0 Å². The van der Waals surface area contributed by atoms with E-state index in [1.165, 1.54) is 0 Å². The molecule has 1 aromatic rings. The summed E-state index contributed by atoms with van der Waals surface area (Å²) in [5.74, 6) is 0.282. The number of carbonyl (C=O) groups is 2. The van der Waals surface area contributed by atoms with Gasteiger partial charge in [-0.05, 0) is 70.2 Å². The van der Waals surface area contributed by atoms with E-state index in [-0.39, 0.29) is 37.0 Å². The first-order valence-corrected chi connectivity index (χ1v) is 9.62. The number of ether oxygens (including phenoxy) is 2. The lowest BCUT2D eigenvalue weighted by atomic mass is 9.97. The van der Waals surface area contributed by atoms with Crippen molar-refractivity contribution in [3.05, 3.63) is 28.8 Å². The summed E-state index contributed by atoms with van der Waals surface area (Å²) in [4.78, 5) is 26.0. The van der Waals surface area contributed by atoms with Crippen molar-refractivity contribution in [3.63, 3.8) is 0 Å². The predicted octanol–water partition coefficient (Wildman–Crippen LogP) is 4.14. The monoisotopic (exact) mass is 381 g/mol. The van der Waals surface area contributed by atoms with Crippen LogP contribution in [0.4, 0.5) is 0 Å². The highest BCUT2D eigenvalue weighted by atomic mass is 35.5. The van der Waals surface area contributed by atoms with Gasteiger partial charge in [-0.3, -0.25) is 9.59 Å². The van der Waals surface area contributed by atoms with E-state index in [1.807, 2.05) is 37.8 Å². The molecule has 5 nitrogen and oxygen atoms in total. The standard InChI is InChI=1S/C20H28ClNO4/c1-14-12-17(21)9-10-18(14)25-11-5-8-20(24)26-13-19(23)22-15(2)6-4-7-16(22)3/h9-10,12,15-16H,4-8,11,13H2,1-3H3/t15-,16-/m0/s1. The number of hydrogen-bond acceptors (Lipinski definition) is 4. The van der Waals surface area contributed by atoms with E-state index in [9.17, 15) is 9.59 Å². The molecule has 1 aliphatic heterocycles. The maximum absolute atomic E-state index is 12.3.